The summed E-state index contributed by atoms with van der Waals surface area (Å²) in [4.78, 5) is 14.0. The molecule has 22 heavy (non-hydrogen) atoms. The van der Waals surface area contributed by atoms with E-state index in [1.165, 1.54) is 0 Å². The Labute approximate surface area is 139 Å². The van der Waals surface area contributed by atoms with Gasteiger partial charge in [-0.25, -0.2) is 0 Å². The minimum Gasteiger partial charge on any atom is -0.465 e. The first-order valence-corrected chi connectivity index (χ1v) is 8.02. The molecule has 0 aliphatic carbocycles. The Hall–Kier alpha value is -1.59. The highest BCUT2D eigenvalue weighted by Gasteiger charge is 2.12. The lowest BCUT2D eigenvalue weighted by molar-refractivity contribution is -0.122. The van der Waals surface area contributed by atoms with Gasteiger partial charge in [0, 0.05) is 4.47 Å². The van der Waals surface area contributed by atoms with Gasteiger partial charge < -0.3 is 9.73 Å². The Kier molecular flexibility index (Phi) is 5.80. The largest absolute Gasteiger partial charge is 0.465 e. The monoisotopic (exact) mass is 364 g/mol. The average Bonchev–Trinajstić information content (AvgIpc) is 2.84. The summed E-state index contributed by atoms with van der Waals surface area (Å²) in [6.45, 7) is 4.85. The number of aryl methyl sites for hydroxylation is 1. The first-order valence-electron chi connectivity index (χ1n) is 7.22. The van der Waals surface area contributed by atoms with Crippen LogP contribution in [0.5, 0.6) is 0 Å². The van der Waals surface area contributed by atoms with Crippen molar-refractivity contribution in [2.24, 2.45) is 0 Å². The van der Waals surface area contributed by atoms with Crippen molar-refractivity contribution in [1.82, 2.24) is 10.2 Å². The van der Waals surface area contributed by atoms with Crippen LogP contribution in [-0.2, 0) is 11.3 Å². The van der Waals surface area contributed by atoms with Crippen LogP contribution >= 0.6 is 15.9 Å². The summed E-state index contributed by atoms with van der Waals surface area (Å²) in [5.41, 5.74) is 1.08. The maximum absolute atomic E-state index is 12.1. The second-order valence-electron chi connectivity index (χ2n) is 5.53. The van der Waals surface area contributed by atoms with E-state index in [1.54, 1.807) is 0 Å². The van der Waals surface area contributed by atoms with Crippen LogP contribution in [0.2, 0.25) is 0 Å². The summed E-state index contributed by atoms with van der Waals surface area (Å²) in [7, 11) is 1.90. The number of rotatable bonds is 6. The van der Waals surface area contributed by atoms with Crippen LogP contribution in [0.4, 0.5) is 0 Å². The SMILES string of the molecule is Cc1ccc(CN(C)CC(=O)N[C@@H](C)c2ccc(Br)cc2)o1. The van der Waals surface area contributed by atoms with E-state index in [2.05, 4.69) is 21.2 Å². The number of halogens is 1. The van der Waals surface area contributed by atoms with Crippen LogP contribution in [0.25, 0.3) is 0 Å². The molecule has 0 aliphatic rings. The molecular weight excluding hydrogens is 344 g/mol. The van der Waals surface area contributed by atoms with Gasteiger partial charge in [0.2, 0.25) is 5.91 Å². The van der Waals surface area contributed by atoms with Gasteiger partial charge in [-0.1, -0.05) is 28.1 Å². The fourth-order valence-electron chi connectivity index (χ4n) is 2.26. The molecule has 0 radical (unpaired) electrons. The average molecular weight is 365 g/mol. The molecule has 0 unspecified atom stereocenters. The van der Waals surface area contributed by atoms with Crippen LogP contribution in [0, 0.1) is 6.92 Å². The normalized spacial score (nSPS) is 12.4. The number of benzene rings is 1. The first-order chi connectivity index (χ1) is 10.4. The second kappa shape index (κ2) is 7.61. The Balaban J connectivity index is 1.82. The zero-order valence-electron chi connectivity index (χ0n) is 13.1. The van der Waals surface area contributed by atoms with E-state index >= 15 is 0 Å². The molecule has 0 spiro atoms. The molecular formula is C17H21BrN2O2. The van der Waals surface area contributed by atoms with Gasteiger partial charge >= 0.3 is 0 Å². The molecule has 1 amide bonds. The lowest BCUT2D eigenvalue weighted by atomic mass is 10.1. The number of hydrogen-bond acceptors (Lipinski definition) is 3. The smallest absolute Gasteiger partial charge is 0.234 e. The molecule has 1 N–H and O–H groups in total. The van der Waals surface area contributed by atoms with Gasteiger partial charge in [-0.05, 0) is 50.7 Å². The Morgan fingerprint density at radius 1 is 1.27 bits per heavy atom. The van der Waals surface area contributed by atoms with Crippen molar-refractivity contribution in [2.75, 3.05) is 13.6 Å². The minimum atomic E-state index is -0.0140. The summed E-state index contributed by atoms with van der Waals surface area (Å²) in [6.07, 6.45) is 0. The van der Waals surface area contributed by atoms with Crippen molar-refractivity contribution in [3.05, 3.63) is 58.0 Å². The highest BCUT2D eigenvalue weighted by molar-refractivity contribution is 9.10. The molecule has 1 heterocycles. The summed E-state index contributed by atoms with van der Waals surface area (Å²) in [5.74, 6) is 1.76. The molecule has 0 saturated heterocycles. The van der Waals surface area contributed by atoms with Crippen LogP contribution in [0.15, 0.2) is 45.3 Å². The number of nitrogens with one attached hydrogen (secondary N) is 1. The molecule has 0 bridgehead atoms. The quantitative estimate of drug-likeness (QED) is 0.850. The highest BCUT2D eigenvalue weighted by Crippen LogP contribution is 2.16. The number of amides is 1. The maximum Gasteiger partial charge on any atom is 0.234 e. The van der Waals surface area contributed by atoms with Gasteiger partial charge in [0.25, 0.3) is 0 Å². The summed E-state index contributed by atoms with van der Waals surface area (Å²) < 4.78 is 6.55. The molecule has 0 saturated carbocycles. The standard InChI is InChI=1S/C17H21BrN2O2/c1-12-4-9-16(22-12)10-20(3)11-17(21)19-13(2)14-5-7-15(18)8-6-14/h4-9,13H,10-11H2,1-3H3,(H,19,21)/t13-/m0/s1. The molecule has 1 atom stereocenters. The highest BCUT2D eigenvalue weighted by atomic mass is 79.9. The van der Waals surface area contributed by atoms with Gasteiger partial charge in [-0.2, -0.15) is 0 Å². The van der Waals surface area contributed by atoms with Crippen LogP contribution in [0.1, 0.15) is 30.0 Å². The molecule has 5 heteroatoms. The topological polar surface area (TPSA) is 45.5 Å². The van der Waals surface area contributed by atoms with E-state index in [0.29, 0.717) is 13.1 Å². The lowest BCUT2D eigenvalue weighted by Gasteiger charge is -2.18. The summed E-state index contributed by atoms with van der Waals surface area (Å²) in [6, 6.07) is 11.8. The van der Waals surface area contributed by atoms with Crippen molar-refractivity contribution < 1.29 is 9.21 Å². The number of hydrogen-bond donors (Lipinski definition) is 1. The second-order valence-corrected chi connectivity index (χ2v) is 6.44. The van der Waals surface area contributed by atoms with E-state index < -0.39 is 0 Å². The third-order valence-corrected chi connectivity index (χ3v) is 3.91. The van der Waals surface area contributed by atoms with Gasteiger partial charge in [0.15, 0.2) is 0 Å². The predicted octanol–water partition coefficient (Wildman–Crippen LogP) is 3.66. The van der Waals surface area contributed by atoms with Crippen molar-refractivity contribution in [3.8, 4) is 0 Å². The Morgan fingerprint density at radius 2 is 1.95 bits per heavy atom. The van der Waals surface area contributed by atoms with Crippen molar-refractivity contribution in [3.63, 3.8) is 0 Å². The minimum absolute atomic E-state index is 0.00111. The fraction of sp³-hybridized carbons (Fsp3) is 0.353. The molecule has 0 aliphatic heterocycles. The zero-order valence-corrected chi connectivity index (χ0v) is 14.7. The van der Waals surface area contributed by atoms with Crippen LogP contribution in [0.3, 0.4) is 0 Å². The van der Waals surface area contributed by atoms with Gasteiger partial charge in [0.1, 0.15) is 11.5 Å². The van der Waals surface area contributed by atoms with E-state index in [1.807, 2.05) is 62.2 Å². The molecule has 4 nitrogen and oxygen atoms in total. The van der Waals surface area contributed by atoms with Crippen LogP contribution < -0.4 is 5.32 Å². The van der Waals surface area contributed by atoms with E-state index in [4.69, 9.17) is 4.42 Å². The third kappa shape index (κ3) is 5.00. The first kappa shape index (κ1) is 16.8. The van der Waals surface area contributed by atoms with Gasteiger partial charge in [-0.15, -0.1) is 0 Å². The lowest BCUT2D eigenvalue weighted by Crippen LogP contribution is -2.36. The summed E-state index contributed by atoms with van der Waals surface area (Å²) >= 11 is 3.41. The molecule has 118 valence electrons. The van der Waals surface area contributed by atoms with Gasteiger partial charge in [-0.3, -0.25) is 9.69 Å². The van der Waals surface area contributed by atoms with Crippen molar-refractivity contribution in [2.45, 2.75) is 26.4 Å². The van der Waals surface area contributed by atoms with E-state index in [-0.39, 0.29) is 11.9 Å². The number of nitrogens with zero attached hydrogens (tertiary/aromatic N) is 1. The predicted molar refractivity (Wildman–Crippen MR) is 90.5 cm³/mol. The fourth-order valence-corrected chi connectivity index (χ4v) is 2.52. The molecule has 2 rings (SSSR count). The maximum atomic E-state index is 12.1. The summed E-state index contributed by atoms with van der Waals surface area (Å²) in [5, 5.41) is 3.01. The van der Waals surface area contributed by atoms with Crippen molar-refractivity contribution >= 4 is 21.8 Å². The van der Waals surface area contributed by atoms with Crippen LogP contribution in [-0.4, -0.2) is 24.4 Å². The molecule has 1 aromatic heterocycles. The third-order valence-electron chi connectivity index (χ3n) is 3.38. The number of carbonyl (C=O) groups is 1. The van der Waals surface area contributed by atoms with E-state index in [9.17, 15) is 4.79 Å². The number of furan rings is 1. The molecule has 0 fully saturated rings. The Bertz CT molecular complexity index is 622. The van der Waals surface area contributed by atoms with Gasteiger partial charge in [0.05, 0.1) is 19.1 Å². The van der Waals surface area contributed by atoms with Crippen molar-refractivity contribution in [1.29, 1.82) is 0 Å². The molecule has 2 aromatic rings. The van der Waals surface area contributed by atoms with E-state index in [0.717, 1.165) is 21.6 Å². The Morgan fingerprint density at radius 3 is 2.55 bits per heavy atom. The number of likely N-dealkylation sites (N-methyl/N-ethyl adjacent to an activating group) is 1. The molecule has 1 aromatic carbocycles. The number of carbonyl (C=O) groups excluding carboxylic acids is 1. The zero-order chi connectivity index (χ0) is 16.1.